The lowest BCUT2D eigenvalue weighted by Crippen LogP contribution is -2.33. The summed E-state index contributed by atoms with van der Waals surface area (Å²) in [4.78, 5) is 18.7. The van der Waals surface area contributed by atoms with Gasteiger partial charge in [0.25, 0.3) is 0 Å². The van der Waals surface area contributed by atoms with Crippen molar-refractivity contribution in [2.24, 2.45) is 4.99 Å². The van der Waals surface area contributed by atoms with Gasteiger partial charge in [0, 0.05) is 31.1 Å². The van der Waals surface area contributed by atoms with Crippen LogP contribution in [0.1, 0.15) is 17.8 Å². The van der Waals surface area contributed by atoms with E-state index in [1.54, 1.807) is 34.9 Å². The molecule has 0 saturated carbocycles. The highest BCUT2D eigenvalue weighted by atomic mass is 32.2. The van der Waals surface area contributed by atoms with E-state index < -0.39 is 0 Å². The maximum Gasteiger partial charge on any atom is 0.225 e. The molecular formula is C13H17N5OS3. The van der Waals surface area contributed by atoms with Crippen molar-refractivity contribution in [3.05, 3.63) is 16.1 Å². The van der Waals surface area contributed by atoms with Crippen LogP contribution in [0.25, 0.3) is 0 Å². The van der Waals surface area contributed by atoms with E-state index in [-0.39, 0.29) is 5.91 Å². The van der Waals surface area contributed by atoms with Gasteiger partial charge < -0.3 is 10.2 Å². The van der Waals surface area contributed by atoms with Gasteiger partial charge >= 0.3 is 0 Å². The Bertz CT molecular complexity index is 613. The predicted molar refractivity (Wildman–Crippen MR) is 92.3 cm³/mol. The van der Waals surface area contributed by atoms with Crippen LogP contribution in [0.4, 0.5) is 0 Å². The zero-order valence-corrected chi connectivity index (χ0v) is 14.7. The number of rotatable bonds is 6. The van der Waals surface area contributed by atoms with Gasteiger partial charge in [0.15, 0.2) is 9.51 Å². The lowest BCUT2D eigenvalue weighted by Gasteiger charge is -2.25. The van der Waals surface area contributed by atoms with Crippen LogP contribution in [0.5, 0.6) is 0 Å². The average molecular weight is 356 g/mol. The van der Waals surface area contributed by atoms with Gasteiger partial charge in [-0.2, -0.15) is 0 Å². The van der Waals surface area contributed by atoms with Crippen molar-refractivity contribution in [2.45, 2.75) is 24.1 Å². The fraction of sp³-hybridized carbons (Fsp3) is 0.538. The largest absolute Gasteiger partial charge is 0.355 e. The molecule has 0 aliphatic carbocycles. The molecule has 118 valence electrons. The van der Waals surface area contributed by atoms with Gasteiger partial charge in [-0.1, -0.05) is 34.9 Å². The lowest BCUT2D eigenvalue weighted by atomic mass is 10.2. The third kappa shape index (κ3) is 4.02. The van der Waals surface area contributed by atoms with Crippen molar-refractivity contribution in [1.29, 1.82) is 0 Å². The number of amidine groups is 1. The molecule has 3 heterocycles. The number of carbonyl (C=O) groups excluding carboxylic acids is 1. The molecule has 1 amide bonds. The maximum atomic E-state index is 12.0. The molecule has 1 N–H and O–H groups in total. The van der Waals surface area contributed by atoms with Crippen LogP contribution >= 0.6 is 34.9 Å². The first-order valence-corrected chi connectivity index (χ1v) is 9.78. The van der Waals surface area contributed by atoms with E-state index in [2.05, 4.69) is 25.4 Å². The number of hydrogen-bond acceptors (Lipinski definition) is 8. The lowest BCUT2D eigenvalue weighted by molar-refractivity contribution is -0.120. The normalized spacial score (nSPS) is 17.0. The number of nitrogens with zero attached hydrogens (tertiary/aromatic N) is 4. The number of aryl methyl sites for hydroxylation is 1. The summed E-state index contributed by atoms with van der Waals surface area (Å²) in [7, 11) is 0. The second kappa shape index (κ2) is 7.47. The number of aliphatic imine (C=N–C) groups is 1. The summed E-state index contributed by atoms with van der Waals surface area (Å²) in [6.45, 7) is 4.45. The maximum absolute atomic E-state index is 12.0. The zero-order chi connectivity index (χ0) is 15.4. The Morgan fingerprint density at radius 1 is 1.50 bits per heavy atom. The first-order chi connectivity index (χ1) is 10.7. The van der Waals surface area contributed by atoms with Crippen molar-refractivity contribution >= 4 is 45.9 Å². The number of aromatic nitrogens is 2. The highest BCUT2D eigenvalue weighted by molar-refractivity contribution is 8.16. The molecule has 0 saturated heterocycles. The minimum Gasteiger partial charge on any atom is -0.355 e. The molecule has 0 spiro atoms. The van der Waals surface area contributed by atoms with Crippen LogP contribution in [-0.2, 0) is 4.79 Å². The minimum atomic E-state index is 0.0627. The number of amides is 1. The molecule has 2 aliphatic rings. The molecule has 9 heteroatoms. The number of carbonyl (C=O) groups is 1. The Morgan fingerprint density at radius 3 is 3.23 bits per heavy atom. The topological polar surface area (TPSA) is 70.5 Å². The van der Waals surface area contributed by atoms with Gasteiger partial charge in [-0.15, -0.1) is 10.2 Å². The van der Waals surface area contributed by atoms with Gasteiger partial charge in [0.05, 0.1) is 6.42 Å². The summed E-state index contributed by atoms with van der Waals surface area (Å²) in [6, 6.07) is 0. The molecule has 0 aromatic carbocycles. The first kappa shape index (κ1) is 15.8. The molecule has 0 unspecified atom stereocenters. The van der Waals surface area contributed by atoms with Gasteiger partial charge in [0.2, 0.25) is 5.91 Å². The number of thioether (sulfide) groups is 2. The molecule has 0 fully saturated rings. The zero-order valence-electron chi connectivity index (χ0n) is 12.2. The van der Waals surface area contributed by atoms with Crippen LogP contribution in [0, 0.1) is 6.92 Å². The van der Waals surface area contributed by atoms with Crippen LogP contribution in [0.3, 0.4) is 0 Å². The highest BCUT2D eigenvalue weighted by Gasteiger charge is 2.25. The molecule has 0 atom stereocenters. The summed E-state index contributed by atoms with van der Waals surface area (Å²) in [5, 5.41) is 15.0. The number of hydrogen-bond donors (Lipinski definition) is 1. The SMILES string of the molecule is Cc1nnc(SCCNC(=O)CC2=CSC3=NCCCN23)s1. The molecule has 0 radical (unpaired) electrons. The van der Waals surface area contributed by atoms with Gasteiger partial charge in [-0.3, -0.25) is 9.79 Å². The van der Waals surface area contributed by atoms with E-state index in [0.717, 1.165) is 45.5 Å². The van der Waals surface area contributed by atoms with Gasteiger partial charge in [-0.05, 0) is 18.8 Å². The predicted octanol–water partition coefficient (Wildman–Crippen LogP) is 2.09. The number of nitrogens with one attached hydrogen (secondary N) is 1. The molecule has 0 bridgehead atoms. The van der Waals surface area contributed by atoms with E-state index in [1.807, 2.05) is 12.3 Å². The molecular weight excluding hydrogens is 338 g/mol. The molecule has 6 nitrogen and oxygen atoms in total. The average Bonchev–Trinajstić information content (AvgIpc) is 3.11. The number of fused-ring (bicyclic) bond motifs is 1. The highest BCUT2D eigenvalue weighted by Crippen LogP contribution is 2.30. The van der Waals surface area contributed by atoms with Gasteiger partial charge in [0.1, 0.15) is 5.01 Å². The van der Waals surface area contributed by atoms with E-state index in [9.17, 15) is 4.79 Å². The summed E-state index contributed by atoms with van der Waals surface area (Å²) in [6.07, 6.45) is 1.48. The van der Waals surface area contributed by atoms with Crippen molar-refractivity contribution in [3.8, 4) is 0 Å². The van der Waals surface area contributed by atoms with Gasteiger partial charge in [-0.25, -0.2) is 0 Å². The Hall–Kier alpha value is -1.06. The van der Waals surface area contributed by atoms with Crippen molar-refractivity contribution in [3.63, 3.8) is 0 Å². The van der Waals surface area contributed by atoms with E-state index >= 15 is 0 Å². The summed E-state index contributed by atoms with van der Waals surface area (Å²) in [5.74, 6) is 0.873. The van der Waals surface area contributed by atoms with Crippen molar-refractivity contribution < 1.29 is 4.79 Å². The third-order valence-corrected chi connectivity index (χ3v) is 6.09. The fourth-order valence-electron chi connectivity index (χ4n) is 2.17. The minimum absolute atomic E-state index is 0.0627. The Labute approximate surface area is 141 Å². The smallest absolute Gasteiger partial charge is 0.225 e. The molecule has 1 aromatic heterocycles. The third-order valence-electron chi connectivity index (χ3n) is 3.16. The Balaban J connectivity index is 1.38. The first-order valence-electron chi connectivity index (χ1n) is 7.09. The molecule has 22 heavy (non-hydrogen) atoms. The Kier molecular flexibility index (Phi) is 5.37. The summed E-state index contributed by atoms with van der Waals surface area (Å²) < 4.78 is 0.954. The second-order valence-electron chi connectivity index (χ2n) is 4.86. The van der Waals surface area contributed by atoms with Crippen molar-refractivity contribution in [1.82, 2.24) is 20.4 Å². The van der Waals surface area contributed by atoms with E-state index in [4.69, 9.17) is 0 Å². The fourth-order valence-corrected chi connectivity index (χ4v) is 4.86. The monoisotopic (exact) mass is 355 g/mol. The molecule has 3 rings (SSSR count). The summed E-state index contributed by atoms with van der Waals surface area (Å²) >= 11 is 4.83. The van der Waals surface area contributed by atoms with E-state index in [0.29, 0.717) is 13.0 Å². The van der Waals surface area contributed by atoms with Crippen molar-refractivity contribution in [2.75, 3.05) is 25.4 Å². The van der Waals surface area contributed by atoms with Crippen LogP contribution in [-0.4, -0.2) is 51.6 Å². The van der Waals surface area contributed by atoms with Crippen LogP contribution < -0.4 is 5.32 Å². The molecule has 1 aromatic rings. The van der Waals surface area contributed by atoms with Crippen LogP contribution in [0.15, 0.2) is 20.4 Å². The second-order valence-corrected chi connectivity index (χ2v) is 8.22. The molecule has 2 aliphatic heterocycles. The standard InChI is InChI=1S/C13H17N5OS3/c1-9-16-17-13(22-9)20-6-4-14-11(19)7-10-8-21-12-15-3-2-5-18(10)12/h8H,2-7H2,1H3,(H,14,19). The van der Waals surface area contributed by atoms with E-state index in [1.165, 1.54) is 0 Å². The summed E-state index contributed by atoms with van der Waals surface area (Å²) in [5.41, 5.74) is 1.06. The van der Waals surface area contributed by atoms with Crippen LogP contribution in [0.2, 0.25) is 0 Å². The Morgan fingerprint density at radius 2 is 2.41 bits per heavy atom. The quantitative estimate of drug-likeness (QED) is 0.622.